The van der Waals surface area contributed by atoms with Crippen LogP contribution in [0.3, 0.4) is 0 Å². The Morgan fingerprint density at radius 3 is 2.59 bits per heavy atom. The van der Waals surface area contributed by atoms with Gasteiger partial charge in [-0.15, -0.1) is 0 Å². The third kappa shape index (κ3) is 5.87. The summed E-state index contributed by atoms with van der Waals surface area (Å²) in [4.78, 5) is 27.2. The van der Waals surface area contributed by atoms with Crippen LogP contribution in [0.2, 0.25) is 0 Å². The fourth-order valence-electron chi connectivity index (χ4n) is 2.02. The molecule has 0 bridgehead atoms. The predicted molar refractivity (Wildman–Crippen MR) is 95.2 cm³/mol. The second kappa shape index (κ2) is 7.94. The number of aliphatic carboxylic acids is 1. The highest BCUT2D eigenvalue weighted by atomic mass is 16.6. The standard InChI is InChI=1S/C17H22N4O6/c1-9-19-14(27-21-9)10-5-6-13(11(18)7-10)25-8-12(15(22)23)20-16(24)26-17(2,3)4/h5-7,12H,8,18H2,1-4H3,(H,20,24)(H,22,23)/t12-/m0/s1. The number of aromatic nitrogens is 2. The summed E-state index contributed by atoms with van der Waals surface area (Å²) in [6.45, 7) is 6.37. The minimum Gasteiger partial charge on any atom is -0.489 e. The van der Waals surface area contributed by atoms with Crippen LogP contribution in [0.25, 0.3) is 11.5 Å². The van der Waals surface area contributed by atoms with E-state index in [4.69, 9.17) is 19.7 Å². The van der Waals surface area contributed by atoms with Gasteiger partial charge in [0.1, 0.15) is 18.0 Å². The maximum Gasteiger partial charge on any atom is 0.408 e. The van der Waals surface area contributed by atoms with Crippen LogP contribution in [0, 0.1) is 6.92 Å². The lowest BCUT2D eigenvalue weighted by Crippen LogP contribution is -2.46. The number of hydrogen-bond donors (Lipinski definition) is 3. The summed E-state index contributed by atoms with van der Waals surface area (Å²) in [6, 6.07) is 3.46. The van der Waals surface area contributed by atoms with Gasteiger partial charge in [0.2, 0.25) is 0 Å². The zero-order valence-corrected chi connectivity index (χ0v) is 15.5. The number of aryl methyl sites for hydroxylation is 1. The molecule has 2 aromatic rings. The third-order valence-electron chi connectivity index (χ3n) is 3.18. The van der Waals surface area contributed by atoms with Gasteiger partial charge in [0.05, 0.1) is 5.69 Å². The number of nitrogens with zero attached hydrogens (tertiary/aromatic N) is 2. The number of benzene rings is 1. The number of carboxylic acid groups (broad SMARTS) is 1. The third-order valence-corrected chi connectivity index (χ3v) is 3.18. The monoisotopic (exact) mass is 378 g/mol. The molecule has 10 nitrogen and oxygen atoms in total. The summed E-state index contributed by atoms with van der Waals surface area (Å²) >= 11 is 0. The van der Waals surface area contributed by atoms with Crippen LogP contribution >= 0.6 is 0 Å². The Morgan fingerprint density at radius 2 is 2.07 bits per heavy atom. The van der Waals surface area contributed by atoms with E-state index in [9.17, 15) is 14.7 Å². The molecule has 0 radical (unpaired) electrons. The molecule has 27 heavy (non-hydrogen) atoms. The number of amides is 1. The summed E-state index contributed by atoms with van der Waals surface area (Å²) in [5.41, 5.74) is 6.04. The number of rotatable bonds is 6. The van der Waals surface area contributed by atoms with Crippen molar-refractivity contribution < 1.29 is 28.7 Å². The molecule has 1 atom stereocenters. The van der Waals surface area contributed by atoms with Gasteiger partial charge in [0.25, 0.3) is 5.89 Å². The second-order valence-corrected chi connectivity index (χ2v) is 6.75. The Balaban J connectivity index is 2.02. The molecule has 0 unspecified atom stereocenters. The highest BCUT2D eigenvalue weighted by Crippen LogP contribution is 2.27. The molecule has 1 aromatic heterocycles. The van der Waals surface area contributed by atoms with Gasteiger partial charge in [-0.2, -0.15) is 4.98 Å². The first-order valence-corrected chi connectivity index (χ1v) is 8.10. The predicted octanol–water partition coefficient (Wildman–Crippen LogP) is 1.98. The van der Waals surface area contributed by atoms with E-state index < -0.39 is 23.7 Å². The summed E-state index contributed by atoms with van der Waals surface area (Å²) in [5, 5.41) is 15.2. The summed E-state index contributed by atoms with van der Waals surface area (Å²) < 4.78 is 15.6. The fourth-order valence-corrected chi connectivity index (χ4v) is 2.02. The van der Waals surface area contributed by atoms with Gasteiger partial charge in [-0.05, 0) is 45.9 Å². The van der Waals surface area contributed by atoms with E-state index in [-0.39, 0.29) is 18.0 Å². The molecule has 1 heterocycles. The van der Waals surface area contributed by atoms with Gasteiger partial charge in [-0.3, -0.25) is 0 Å². The number of nitrogens with one attached hydrogen (secondary N) is 1. The number of nitrogens with two attached hydrogens (primary N) is 1. The van der Waals surface area contributed by atoms with Gasteiger partial charge in [-0.25, -0.2) is 9.59 Å². The van der Waals surface area contributed by atoms with E-state index in [0.29, 0.717) is 17.3 Å². The topological polar surface area (TPSA) is 150 Å². The van der Waals surface area contributed by atoms with Gasteiger partial charge in [-0.1, -0.05) is 5.16 Å². The van der Waals surface area contributed by atoms with Crippen molar-refractivity contribution in [3.8, 4) is 17.2 Å². The zero-order valence-electron chi connectivity index (χ0n) is 15.5. The molecule has 1 amide bonds. The number of carboxylic acids is 1. The SMILES string of the molecule is Cc1noc(-c2ccc(OC[C@H](NC(=O)OC(C)(C)C)C(=O)O)c(N)c2)n1. The van der Waals surface area contributed by atoms with Crippen molar-refractivity contribution in [2.45, 2.75) is 39.3 Å². The molecule has 0 fully saturated rings. The molecule has 0 aliphatic rings. The summed E-state index contributed by atoms with van der Waals surface area (Å²) in [7, 11) is 0. The van der Waals surface area contributed by atoms with Crippen LogP contribution in [0.4, 0.5) is 10.5 Å². The van der Waals surface area contributed by atoms with E-state index in [0.717, 1.165) is 0 Å². The molecular weight excluding hydrogens is 356 g/mol. The average molecular weight is 378 g/mol. The number of carbonyl (C=O) groups excluding carboxylic acids is 1. The van der Waals surface area contributed by atoms with Crippen molar-refractivity contribution in [1.29, 1.82) is 0 Å². The van der Waals surface area contributed by atoms with Crippen LogP contribution < -0.4 is 15.8 Å². The van der Waals surface area contributed by atoms with Crippen LogP contribution in [-0.4, -0.2) is 45.6 Å². The summed E-state index contributed by atoms with van der Waals surface area (Å²) in [6.07, 6.45) is -0.853. The Hall–Kier alpha value is -3.30. The summed E-state index contributed by atoms with van der Waals surface area (Å²) in [5.74, 6) is -0.216. The number of nitrogen functional groups attached to an aromatic ring is 1. The minimum absolute atomic E-state index is 0.254. The fraction of sp³-hybridized carbons (Fsp3) is 0.412. The molecule has 10 heteroatoms. The lowest BCUT2D eigenvalue weighted by molar-refractivity contribution is -0.140. The quantitative estimate of drug-likeness (QED) is 0.641. The first-order valence-electron chi connectivity index (χ1n) is 8.10. The molecule has 0 aliphatic carbocycles. The van der Waals surface area contributed by atoms with Crippen molar-refractivity contribution in [3.63, 3.8) is 0 Å². The molecule has 2 rings (SSSR count). The second-order valence-electron chi connectivity index (χ2n) is 6.75. The Morgan fingerprint density at radius 1 is 1.37 bits per heavy atom. The number of alkyl carbamates (subject to hydrolysis) is 1. The van der Waals surface area contributed by atoms with Crippen molar-refractivity contribution in [1.82, 2.24) is 15.5 Å². The molecular formula is C17H22N4O6. The zero-order chi connectivity index (χ0) is 20.2. The number of ether oxygens (including phenoxy) is 2. The molecule has 146 valence electrons. The molecule has 1 aromatic carbocycles. The van der Waals surface area contributed by atoms with Crippen LogP contribution in [0.15, 0.2) is 22.7 Å². The van der Waals surface area contributed by atoms with E-state index >= 15 is 0 Å². The highest BCUT2D eigenvalue weighted by Gasteiger charge is 2.25. The first-order chi connectivity index (χ1) is 12.5. The van der Waals surface area contributed by atoms with E-state index in [2.05, 4.69) is 15.5 Å². The van der Waals surface area contributed by atoms with Gasteiger partial charge in [0, 0.05) is 5.56 Å². The van der Waals surface area contributed by atoms with Crippen molar-refractivity contribution in [2.75, 3.05) is 12.3 Å². The first kappa shape index (κ1) is 20.0. The molecule has 0 aliphatic heterocycles. The van der Waals surface area contributed by atoms with Gasteiger partial charge < -0.3 is 30.2 Å². The van der Waals surface area contributed by atoms with Crippen LogP contribution in [0.1, 0.15) is 26.6 Å². The van der Waals surface area contributed by atoms with Crippen molar-refractivity contribution >= 4 is 17.7 Å². The van der Waals surface area contributed by atoms with E-state index in [1.165, 1.54) is 0 Å². The molecule has 4 N–H and O–H groups in total. The molecule has 0 saturated heterocycles. The average Bonchev–Trinajstić information content (AvgIpc) is 2.96. The van der Waals surface area contributed by atoms with E-state index in [1.807, 2.05) is 0 Å². The normalized spacial score (nSPS) is 12.3. The van der Waals surface area contributed by atoms with Crippen molar-refractivity contribution in [2.24, 2.45) is 0 Å². The molecule has 0 saturated carbocycles. The lowest BCUT2D eigenvalue weighted by atomic mass is 10.2. The van der Waals surface area contributed by atoms with Crippen molar-refractivity contribution in [3.05, 3.63) is 24.0 Å². The Bertz CT molecular complexity index is 827. The Kier molecular flexibility index (Phi) is 5.88. The number of carbonyl (C=O) groups is 2. The van der Waals surface area contributed by atoms with Gasteiger partial charge >= 0.3 is 12.1 Å². The van der Waals surface area contributed by atoms with E-state index in [1.54, 1.807) is 45.9 Å². The number of anilines is 1. The smallest absolute Gasteiger partial charge is 0.408 e. The maximum absolute atomic E-state index is 11.8. The van der Waals surface area contributed by atoms with Crippen LogP contribution in [0.5, 0.6) is 5.75 Å². The molecule has 0 spiro atoms. The largest absolute Gasteiger partial charge is 0.489 e. The Labute approximate surface area is 155 Å². The van der Waals surface area contributed by atoms with Crippen LogP contribution in [-0.2, 0) is 9.53 Å². The minimum atomic E-state index is -1.31. The lowest BCUT2D eigenvalue weighted by Gasteiger charge is -2.22. The highest BCUT2D eigenvalue weighted by molar-refractivity contribution is 5.80. The van der Waals surface area contributed by atoms with Gasteiger partial charge in [0.15, 0.2) is 11.9 Å². The number of hydrogen-bond acceptors (Lipinski definition) is 8. The maximum atomic E-state index is 11.8.